The van der Waals surface area contributed by atoms with E-state index in [9.17, 15) is 19.8 Å². The van der Waals surface area contributed by atoms with Gasteiger partial charge in [-0.1, -0.05) is 90.9 Å². The summed E-state index contributed by atoms with van der Waals surface area (Å²) in [6, 6.07) is 8.88. The predicted molar refractivity (Wildman–Crippen MR) is 197 cm³/mol. The predicted octanol–water partition coefficient (Wildman–Crippen LogP) is 9.39. The fourth-order valence-corrected chi connectivity index (χ4v) is 5.50. The lowest BCUT2D eigenvalue weighted by atomic mass is 10.1. The Morgan fingerprint density at radius 1 is 0.608 bits per heavy atom. The number of unbranched alkanes of at least 4 members (excludes halogenated alkanes) is 12. The number of aromatic hydroxyl groups is 2. The van der Waals surface area contributed by atoms with Crippen molar-refractivity contribution in [3.05, 3.63) is 41.7 Å². The first-order chi connectivity index (χ1) is 24.6. The lowest BCUT2D eigenvalue weighted by Gasteiger charge is -2.15. The average Bonchev–Trinajstić information content (AvgIpc) is 3.10. The number of aromatic nitrogens is 3. The van der Waals surface area contributed by atoms with Crippen molar-refractivity contribution in [2.75, 3.05) is 13.2 Å². The van der Waals surface area contributed by atoms with E-state index in [2.05, 4.69) is 28.8 Å². The quantitative estimate of drug-likeness (QED) is 0.0671. The number of ether oxygens (including phenoxy) is 4. The van der Waals surface area contributed by atoms with Gasteiger partial charge in [0, 0.05) is 12.1 Å². The number of carbonyl (C=O) groups excluding carboxylic acids is 2. The van der Waals surface area contributed by atoms with Gasteiger partial charge in [-0.25, -0.2) is 14.6 Å². The third-order valence-electron chi connectivity index (χ3n) is 8.30. The van der Waals surface area contributed by atoms with Crippen molar-refractivity contribution in [3.63, 3.8) is 0 Å². The molecule has 2 N–H and O–H groups in total. The van der Waals surface area contributed by atoms with Gasteiger partial charge in [0.2, 0.25) is 5.28 Å². The highest BCUT2D eigenvalue weighted by Gasteiger charge is 2.21. The van der Waals surface area contributed by atoms with E-state index in [1.165, 1.54) is 75.6 Å². The highest BCUT2D eigenvalue weighted by Crippen LogP contribution is 2.35. The highest BCUT2D eigenvalue weighted by atomic mass is 35.5. The molecule has 0 aliphatic heterocycles. The van der Waals surface area contributed by atoms with Crippen LogP contribution in [0.2, 0.25) is 5.28 Å². The van der Waals surface area contributed by atoms with Crippen LogP contribution < -0.4 is 9.47 Å². The van der Waals surface area contributed by atoms with E-state index < -0.39 is 24.1 Å². The Morgan fingerprint density at radius 2 is 0.980 bits per heavy atom. The standard InChI is InChI=1S/C39H54ClN3O8/c1-5-7-9-11-13-15-17-23-48-37(46)27(3)50-29-19-21-31(33(44)25-29)35-41-36(43-39(40)42-35)32-22-20-30(26-34(32)45)51-28(4)38(47)49-24-18-16-14-12-10-8-6-2/h19-22,25-28,44-45H,5-18,23-24H2,1-4H3. The number of halogens is 1. The fourth-order valence-electron chi connectivity index (χ4n) is 5.34. The number of carbonyl (C=O) groups is 2. The summed E-state index contributed by atoms with van der Waals surface area (Å²) in [5.41, 5.74) is 0.454. The fraction of sp³-hybridized carbons (Fsp3) is 0.564. The van der Waals surface area contributed by atoms with E-state index >= 15 is 0 Å². The van der Waals surface area contributed by atoms with Gasteiger partial charge in [-0.3, -0.25) is 0 Å². The summed E-state index contributed by atoms with van der Waals surface area (Å²) in [7, 11) is 0. The van der Waals surface area contributed by atoms with Crippen molar-refractivity contribution in [2.45, 2.75) is 130 Å². The second-order valence-corrected chi connectivity index (χ2v) is 13.0. The van der Waals surface area contributed by atoms with E-state index in [1.54, 1.807) is 26.0 Å². The Labute approximate surface area is 307 Å². The highest BCUT2D eigenvalue weighted by molar-refractivity contribution is 6.28. The Hall–Kier alpha value is -4.12. The minimum absolute atomic E-state index is 0.0493. The van der Waals surface area contributed by atoms with E-state index in [1.807, 2.05) is 0 Å². The molecule has 2 atom stereocenters. The molecule has 3 aromatic rings. The summed E-state index contributed by atoms with van der Waals surface area (Å²) in [5, 5.41) is 21.5. The first-order valence-electron chi connectivity index (χ1n) is 18.4. The van der Waals surface area contributed by atoms with Crippen LogP contribution in [0.4, 0.5) is 0 Å². The number of esters is 2. The molecule has 0 radical (unpaired) electrons. The topological polar surface area (TPSA) is 150 Å². The van der Waals surface area contributed by atoms with Crippen molar-refractivity contribution < 1.29 is 38.7 Å². The molecule has 3 rings (SSSR count). The number of benzene rings is 2. The molecule has 2 aromatic carbocycles. The van der Waals surface area contributed by atoms with Crippen LogP contribution in [-0.2, 0) is 19.1 Å². The summed E-state index contributed by atoms with van der Waals surface area (Å²) < 4.78 is 22.1. The smallest absolute Gasteiger partial charge is 0.347 e. The number of hydrogen-bond donors (Lipinski definition) is 2. The van der Waals surface area contributed by atoms with Gasteiger partial charge in [0.1, 0.15) is 23.0 Å². The van der Waals surface area contributed by atoms with Crippen molar-refractivity contribution >= 4 is 23.5 Å². The Kier molecular flexibility index (Phi) is 18.3. The molecule has 11 nitrogen and oxygen atoms in total. The van der Waals surface area contributed by atoms with Crippen LogP contribution in [0.25, 0.3) is 22.8 Å². The first kappa shape index (κ1) is 41.3. The molecule has 51 heavy (non-hydrogen) atoms. The largest absolute Gasteiger partial charge is 0.507 e. The Bertz CT molecular complexity index is 1410. The normalized spacial score (nSPS) is 12.3. The number of nitrogens with zero attached hydrogens (tertiary/aromatic N) is 3. The summed E-state index contributed by atoms with van der Waals surface area (Å²) in [6.45, 7) is 8.23. The van der Waals surface area contributed by atoms with E-state index in [0.717, 1.165) is 38.5 Å². The van der Waals surface area contributed by atoms with Crippen molar-refractivity contribution in [1.29, 1.82) is 0 Å². The SMILES string of the molecule is CCCCCCCCCOC(=O)C(C)Oc1ccc(-c2nc(Cl)nc(-c3ccc(OC(C)C(=O)OCCCCCCCCC)cc3O)n2)c(O)c1. The van der Waals surface area contributed by atoms with E-state index in [-0.39, 0.29) is 51.1 Å². The first-order valence-corrected chi connectivity index (χ1v) is 18.8. The molecular weight excluding hydrogens is 674 g/mol. The van der Waals surface area contributed by atoms with Gasteiger partial charge < -0.3 is 29.2 Å². The van der Waals surface area contributed by atoms with Crippen LogP contribution in [0.3, 0.4) is 0 Å². The molecule has 1 aromatic heterocycles. The third-order valence-corrected chi connectivity index (χ3v) is 8.47. The van der Waals surface area contributed by atoms with Crippen LogP contribution in [-0.4, -0.2) is 62.5 Å². The van der Waals surface area contributed by atoms with Crippen molar-refractivity contribution in [3.8, 4) is 45.8 Å². The molecule has 0 saturated heterocycles. The van der Waals surface area contributed by atoms with Crippen LogP contribution in [0.15, 0.2) is 36.4 Å². The molecule has 0 amide bonds. The van der Waals surface area contributed by atoms with Crippen LogP contribution in [0.1, 0.15) is 118 Å². The number of hydrogen-bond acceptors (Lipinski definition) is 11. The maximum atomic E-state index is 12.4. The van der Waals surface area contributed by atoms with Gasteiger partial charge in [0.05, 0.1) is 24.3 Å². The molecule has 0 saturated carbocycles. The van der Waals surface area contributed by atoms with Crippen LogP contribution in [0, 0.1) is 0 Å². The summed E-state index contributed by atoms with van der Waals surface area (Å²) in [4.78, 5) is 37.6. The summed E-state index contributed by atoms with van der Waals surface area (Å²) >= 11 is 6.23. The monoisotopic (exact) mass is 727 g/mol. The number of phenols is 2. The van der Waals surface area contributed by atoms with Gasteiger partial charge >= 0.3 is 11.9 Å². The molecule has 280 valence electrons. The molecule has 0 aliphatic carbocycles. The van der Waals surface area contributed by atoms with Gasteiger partial charge in [-0.05, 0) is 62.6 Å². The average molecular weight is 728 g/mol. The van der Waals surface area contributed by atoms with Gasteiger partial charge in [-0.2, -0.15) is 9.97 Å². The molecule has 0 spiro atoms. The molecule has 0 aliphatic rings. The maximum Gasteiger partial charge on any atom is 0.347 e. The molecule has 0 bridgehead atoms. The summed E-state index contributed by atoms with van der Waals surface area (Å²) in [5.74, 6) is -0.801. The zero-order valence-electron chi connectivity index (χ0n) is 30.5. The third kappa shape index (κ3) is 14.6. The molecule has 12 heteroatoms. The Balaban J connectivity index is 1.55. The number of phenolic OH excluding ortho intramolecular Hbond substituents is 2. The van der Waals surface area contributed by atoms with Crippen molar-refractivity contribution in [2.24, 2.45) is 0 Å². The lowest BCUT2D eigenvalue weighted by Crippen LogP contribution is -2.26. The zero-order chi connectivity index (χ0) is 37.0. The van der Waals surface area contributed by atoms with Crippen LogP contribution >= 0.6 is 11.6 Å². The summed E-state index contributed by atoms with van der Waals surface area (Å²) in [6.07, 6.45) is 13.9. The van der Waals surface area contributed by atoms with E-state index in [4.69, 9.17) is 30.5 Å². The van der Waals surface area contributed by atoms with Gasteiger partial charge in [0.15, 0.2) is 23.9 Å². The second kappa shape index (κ2) is 22.6. The molecule has 0 fully saturated rings. The number of rotatable bonds is 24. The molecule has 1 heterocycles. The minimum atomic E-state index is -0.878. The zero-order valence-corrected chi connectivity index (χ0v) is 31.3. The van der Waals surface area contributed by atoms with Crippen LogP contribution in [0.5, 0.6) is 23.0 Å². The van der Waals surface area contributed by atoms with Gasteiger partial charge in [-0.15, -0.1) is 0 Å². The van der Waals surface area contributed by atoms with E-state index in [0.29, 0.717) is 13.2 Å². The van der Waals surface area contributed by atoms with Crippen molar-refractivity contribution in [1.82, 2.24) is 15.0 Å². The second-order valence-electron chi connectivity index (χ2n) is 12.7. The van der Waals surface area contributed by atoms with Gasteiger partial charge in [0.25, 0.3) is 0 Å². The molecule has 2 unspecified atom stereocenters. The minimum Gasteiger partial charge on any atom is -0.507 e. The maximum absolute atomic E-state index is 12.4. The molecular formula is C39H54ClN3O8. The lowest BCUT2D eigenvalue weighted by molar-refractivity contribution is -0.152. The Morgan fingerprint density at radius 3 is 1.35 bits per heavy atom.